The molecule has 1 aromatic rings. The minimum Gasteiger partial charge on any atom is -0.317 e. The maximum absolute atomic E-state index is 10.8. The summed E-state index contributed by atoms with van der Waals surface area (Å²) in [5.74, 6) is 0. The first-order valence-corrected chi connectivity index (χ1v) is 4.45. The first kappa shape index (κ1) is 8.14. The van der Waals surface area contributed by atoms with E-state index in [9.17, 15) is 4.79 Å². The van der Waals surface area contributed by atoms with Crippen LogP contribution in [0.3, 0.4) is 0 Å². The van der Waals surface area contributed by atoms with Crippen LogP contribution in [-0.2, 0) is 0 Å². The fourth-order valence-electron chi connectivity index (χ4n) is 0.690. The van der Waals surface area contributed by atoms with Crippen LogP contribution in [0, 0.1) is 0 Å². The Morgan fingerprint density at radius 3 is 2.55 bits per heavy atom. The average Bonchev–Trinajstić information content (AvgIpc) is 2.06. The predicted octanol–water partition coefficient (Wildman–Crippen LogP) is 2.58. The molecular formula is C8H9NOS. The summed E-state index contributed by atoms with van der Waals surface area (Å²) >= 11 is 1.17. The lowest BCUT2D eigenvalue weighted by atomic mass is 10.3. The Kier molecular flexibility index (Phi) is 2.98. The Balaban J connectivity index is 2.58. The van der Waals surface area contributed by atoms with Crippen LogP contribution in [0.4, 0.5) is 10.5 Å². The molecule has 0 heterocycles. The first-order valence-electron chi connectivity index (χ1n) is 3.23. The van der Waals surface area contributed by atoms with Crippen molar-refractivity contribution in [1.29, 1.82) is 0 Å². The first-order chi connectivity index (χ1) is 5.33. The highest BCUT2D eigenvalue weighted by Crippen LogP contribution is 2.07. The van der Waals surface area contributed by atoms with Crippen molar-refractivity contribution in [3.05, 3.63) is 30.3 Å². The maximum Gasteiger partial charge on any atom is 0.283 e. The summed E-state index contributed by atoms with van der Waals surface area (Å²) < 4.78 is 0. The van der Waals surface area contributed by atoms with Gasteiger partial charge in [-0.15, -0.1) is 0 Å². The number of anilines is 1. The number of carbonyl (C=O) groups excluding carboxylic acids is 1. The van der Waals surface area contributed by atoms with E-state index in [4.69, 9.17) is 0 Å². The molecule has 0 aliphatic rings. The van der Waals surface area contributed by atoms with Crippen LogP contribution >= 0.6 is 11.8 Å². The predicted molar refractivity (Wildman–Crippen MR) is 49.0 cm³/mol. The lowest BCUT2D eigenvalue weighted by molar-refractivity contribution is 0.270. The SMILES string of the molecule is CSC(=O)Nc1ccccc1. The van der Waals surface area contributed by atoms with Gasteiger partial charge in [-0.25, -0.2) is 0 Å². The Morgan fingerprint density at radius 2 is 2.00 bits per heavy atom. The fourth-order valence-corrected chi connectivity index (χ4v) is 0.910. The van der Waals surface area contributed by atoms with Crippen molar-refractivity contribution in [3.63, 3.8) is 0 Å². The van der Waals surface area contributed by atoms with Crippen LogP contribution in [0.2, 0.25) is 0 Å². The molecule has 1 rings (SSSR count). The molecule has 0 bridgehead atoms. The van der Waals surface area contributed by atoms with E-state index < -0.39 is 0 Å². The molecule has 0 saturated heterocycles. The number of benzene rings is 1. The molecule has 0 saturated carbocycles. The third-order valence-electron chi connectivity index (χ3n) is 1.21. The highest BCUT2D eigenvalue weighted by atomic mass is 32.2. The van der Waals surface area contributed by atoms with Crippen molar-refractivity contribution in [2.24, 2.45) is 0 Å². The number of thioether (sulfide) groups is 1. The van der Waals surface area contributed by atoms with Gasteiger partial charge in [-0.1, -0.05) is 30.0 Å². The third kappa shape index (κ3) is 2.63. The highest BCUT2D eigenvalue weighted by molar-refractivity contribution is 8.13. The van der Waals surface area contributed by atoms with E-state index >= 15 is 0 Å². The second kappa shape index (κ2) is 4.03. The summed E-state index contributed by atoms with van der Waals surface area (Å²) in [5, 5.41) is 2.68. The molecule has 0 radical (unpaired) electrons. The van der Waals surface area contributed by atoms with Crippen LogP contribution in [0.1, 0.15) is 0 Å². The number of rotatable bonds is 1. The normalized spacial score (nSPS) is 9.18. The zero-order valence-electron chi connectivity index (χ0n) is 6.20. The lowest BCUT2D eigenvalue weighted by Gasteiger charge is -2.00. The van der Waals surface area contributed by atoms with E-state index in [-0.39, 0.29) is 5.24 Å². The molecule has 0 atom stereocenters. The van der Waals surface area contributed by atoms with Crippen LogP contribution < -0.4 is 5.32 Å². The van der Waals surface area contributed by atoms with Gasteiger partial charge >= 0.3 is 0 Å². The van der Waals surface area contributed by atoms with Crippen LogP contribution in [-0.4, -0.2) is 11.5 Å². The molecule has 0 fully saturated rings. The van der Waals surface area contributed by atoms with Crippen LogP contribution in [0.5, 0.6) is 0 Å². The average molecular weight is 167 g/mol. The number of nitrogens with one attached hydrogen (secondary N) is 1. The van der Waals surface area contributed by atoms with Gasteiger partial charge < -0.3 is 5.32 Å². The van der Waals surface area contributed by atoms with E-state index in [0.29, 0.717) is 0 Å². The monoisotopic (exact) mass is 167 g/mol. The fraction of sp³-hybridized carbons (Fsp3) is 0.125. The number of amides is 1. The van der Waals surface area contributed by atoms with Gasteiger partial charge in [0, 0.05) is 5.69 Å². The lowest BCUT2D eigenvalue weighted by Crippen LogP contribution is -2.02. The second-order valence-corrected chi connectivity index (χ2v) is 2.76. The van der Waals surface area contributed by atoms with Gasteiger partial charge in [0.1, 0.15) is 0 Å². The van der Waals surface area contributed by atoms with Crippen LogP contribution in [0.15, 0.2) is 30.3 Å². The van der Waals surface area contributed by atoms with Crippen LogP contribution in [0.25, 0.3) is 0 Å². The van der Waals surface area contributed by atoms with Crippen molar-refractivity contribution in [1.82, 2.24) is 0 Å². The molecule has 58 valence electrons. The molecular weight excluding hydrogens is 158 g/mol. The van der Waals surface area contributed by atoms with E-state index in [2.05, 4.69) is 5.32 Å². The quantitative estimate of drug-likeness (QED) is 0.696. The van der Waals surface area contributed by atoms with Crippen molar-refractivity contribution >= 4 is 22.7 Å². The van der Waals surface area contributed by atoms with Gasteiger partial charge in [0.2, 0.25) is 0 Å². The minimum atomic E-state index is -0.0313. The molecule has 1 aromatic carbocycles. The van der Waals surface area contributed by atoms with E-state index in [0.717, 1.165) is 5.69 Å². The standard InChI is InChI=1S/C8H9NOS/c1-11-8(10)9-7-5-3-2-4-6-7/h2-6H,1H3,(H,9,10). The Hall–Kier alpha value is -0.960. The summed E-state index contributed by atoms with van der Waals surface area (Å²) in [4.78, 5) is 10.8. The smallest absolute Gasteiger partial charge is 0.283 e. The van der Waals surface area contributed by atoms with Crippen molar-refractivity contribution in [2.75, 3.05) is 11.6 Å². The number of carbonyl (C=O) groups is 1. The summed E-state index contributed by atoms with van der Waals surface area (Å²) in [7, 11) is 0. The topological polar surface area (TPSA) is 29.1 Å². The molecule has 0 unspecified atom stereocenters. The third-order valence-corrected chi connectivity index (χ3v) is 1.68. The van der Waals surface area contributed by atoms with E-state index in [1.807, 2.05) is 30.3 Å². The molecule has 1 N–H and O–H groups in total. The largest absolute Gasteiger partial charge is 0.317 e. The van der Waals surface area contributed by atoms with E-state index in [1.165, 1.54) is 11.8 Å². The molecule has 3 heteroatoms. The Bertz CT molecular complexity index is 235. The molecule has 0 aromatic heterocycles. The highest BCUT2D eigenvalue weighted by Gasteiger charge is 1.96. The van der Waals surface area contributed by atoms with Gasteiger partial charge in [-0.2, -0.15) is 0 Å². The zero-order valence-corrected chi connectivity index (χ0v) is 7.02. The summed E-state index contributed by atoms with van der Waals surface area (Å²) in [6.45, 7) is 0. The van der Waals surface area contributed by atoms with Crippen molar-refractivity contribution < 1.29 is 4.79 Å². The van der Waals surface area contributed by atoms with Crippen molar-refractivity contribution in [2.45, 2.75) is 0 Å². The van der Waals surface area contributed by atoms with Crippen molar-refractivity contribution in [3.8, 4) is 0 Å². The molecule has 2 nitrogen and oxygen atoms in total. The summed E-state index contributed by atoms with van der Waals surface area (Å²) in [6.07, 6.45) is 1.75. The Labute approximate surface area is 70.0 Å². The molecule has 0 aliphatic carbocycles. The number of hydrogen-bond acceptors (Lipinski definition) is 2. The summed E-state index contributed by atoms with van der Waals surface area (Å²) in [6, 6.07) is 9.39. The van der Waals surface area contributed by atoms with Gasteiger partial charge in [-0.05, 0) is 18.4 Å². The van der Waals surface area contributed by atoms with Gasteiger partial charge in [0.05, 0.1) is 0 Å². The number of hydrogen-bond donors (Lipinski definition) is 1. The maximum atomic E-state index is 10.8. The van der Waals surface area contributed by atoms with Gasteiger partial charge in [0.15, 0.2) is 0 Å². The Morgan fingerprint density at radius 1 is 1.36 bits per heavy atom. The second-order valence-electron chi connectivity index (χ2n) is 1.98. The summed E-state index contributed by atoms with van der Waals surface area (Å²) in [5.41, 5.74) is 0.840. The number of para-hydroxylation sites is 1. The van der Waals surface area contributed by atoms with Gasteiger partial charge in [-0.3, -0.25) is 4.79 Å². The van der Waals surface area contributed by atoms with E-state index in [1.54, 1.807) is 6.26 Å². The minimum absolute atomic E-state index is 0.0313. The zero-order chi connectivity index (χ0) is 8.10. The van der Waals surface area contributed by atoms with Gasteiger partial charge in [0.25, 0.3) is 5.24 Å². The molecule has 1 amide bonds. The molecule has 0 aliphatic heterocycles. The molecule has 0 spiro atoms. The molecule has 11 heavy (non-hydrogen) atoms.